The molecule has 0 spiro atoms. The summed E-state index contributed by atoms with van der Waals surface area (Å²) in [6, 6.07) is -0.687. The number of ether oxygens (including phenoxy) is 3. The third-order valence-electron chi connectivity index (χ3n) is 2.17. The van der Waals surface area contributed by atoms with Crippen molar-refractivity contribution < 1.29 is 23.8 Å². The lowest BCUT2D eigenvalue weighted by molar-refractivity contribution is -0.160. The molecule has 1 aliphatic heterocycles. The van der Waals surface area contributed by atoms with E-state index in [0.29, 0.717) is 0 Å². The van der Waals surface area contributed by atoms with Gasteiger partial charge in [-0.05, 0) is 11.6 Å². The molecule has 1 heterocycles. The van der Waals surface area contributed by atoms with Crippen LogP contribution in [0.4, 0.5) is 0 Å². The van der Waals surface area contributed by atoms with E-state index in [1.165, 1.54) is 26.2 Å². The smallest absolute Gasteiger partial charge is 0.303 e. The van der Waals surface area contributed by atoms with E-state index in [2.05, 4.69) is 10.0 Å². The molecule has 1 unspecified atom stereocenters. The van der Waals surface area contributed by atoms with Gasteiger partial charge in [-0.3, -0.25) is 9.59 Å². The number of rotatable bonds is 4. The molecule has 0 radical (unpaired) electrons. The molecule has 0 aromatic carbocycles. The Morgan fingerprint density at radius 1 is 1.44 bits per heavy atom. The van der Waals surface area contributed by atoms with Crippen LogP contribution in [-0.2, 0) is 23.8 Å². The summed E-state index contributed by atoms with van der Waals surface area (Å²) in [5.74, 6) is -1.01. The van der Waals surface area contributed by atoms with Crippen LogP contribution < -0.4 is 0 Å². The number of carbonyl (C=O) groups excluding carboxylic acids is 2. The van der Waals surface area contributed by atoms with Gasteiger partial charge in [-0.25, -0.2) is 0 Å². The predicted octanol–water partition coefficient (Wildman–Crippen LogP) is 1.07. The fourth-order valence-corrected chi connectivity index (χ4v) is 1.47. The normalized spacial score (nSPS) is 25.6. The molecule has 0 fully saturated rings. The summed E-state index contributed by atoms with van der Waals surface area (Å²) in [6.45, 7) is 2.40. The Kier molecular flexibility index (Phi) is 5.01. The molecular formula is C10H13N3O5. The molecule has 0 aliphatic carbocycles. The summed E-state index contributed by atoms with van der Waals surface area (Å²) in [6.07, 6.45) is 1.28. The lowest BCUT2D eigenvalue weighted by atomic mass is 10.0. The molecule has 0 aromatic heterocycles. The SMILES string of the molecule is CC(=O)OC[C@H]1OC=CC(N=[N+]=[N-])[C@@H]1OC(C)=O. The van der Waals surface area contributed by atoms with Crippen molar-refractivity contribution in [2.75, 3.05) is 6.61 Å². The van der Waals surface area contributed by atoms with Crippen molar-refractivity contribution in [2.45, 2.75) is 32.1 Å². The van der Waals surface area contributed by atoms with Gasteiger partial charge >= 0.3 is 11.9 Å². The minimum atomic E-state index is -0.817. The molecule has 8 heteroatoms. The molecule has 3 atom stereocenters. The van der Waals surface area contributed by atoms with E-state index in [4.69, 9.17) is 19.7 Å². The predicted molar refractivity (Wildman–Crippen MR) is 59.1 cm³/mol. The van der Waals surface area contributed by atoms with Gasteiger partial charge in [0.1, 0.15) is 6.61 Å². The van der Waals surface area contributed by atoms with E-state index in [9.17, 15) is 9.59 Å². The van der Waals surface area contributed by atoms with Crippen molar-refractivity contribution in [2.24, 2.45) is 5.11 Å². The van der Waals surface area contributed by atoms with Crippen molar-refractivity contribution in [1.82, 2.24) is 0 Å². The highest BCUT2D eigenvalue weighted by molar-refractivity contribution is 5.66. The molecule has 0 N–H and O–H groups in total. The zero-order valence-electron chi connectivity index (χ0n) is 9.98. The summed E-state index contributed by atoms with van der Waals surface area (Å²) in [5.41, 5.74) is 8.43. The first kappa shape index (κ1) is 13.9. The Labute approximate surface area is 103 Å². The van der Waals surface area contributed by atoms with E-state index in [1.54, 1.807) is 0 Å². The van der Waals surface area contributed by atoms with Gasteiger partial charge in [-0.2, -0.15) is 0 Å². The van der Waals surface area contributed by atoms with Crippen LogP contribution in [0.5, 0.6) is 0 Å². The standard InChI is InChI=1S/C10H13N3O5/c1-6(14)17-5-9-10(18-7(2)15)8(12-13-11)3-4-16-9/h3-4,8-10H,5H2,1-2H3/t8?,9-,10+/m1/s1. The van der Waals surface area contributed by atoms with Crippen molar-refractivity contribution in [1.29, 1.82) is 0 Å². The van der Waals surface area contributed by atoms with Crippen LogP contribution in [0.15, 0.2) is 17.5 Å². The first-order chi connectivity index (χ1) is 8.54. The molecule has 1 rings (SSSR count). The fraction of sp³-hybridized carbons (Fsp3) is 0.600. The summed E-state index contributed by atoms with van der Waals surface area (Å²) in [5, 5.41) is 3.49. The van der Waals surface area contributed by atoms with Crippen LogP contribution in [0, 0.1) is 0 Å². The molecule has 0 saturated carbocycles. The van der Waals surface area contributed by atoms with Crippen molar-refractivity contribution >= 4 is 11.9 Å². The Bertz CT molecular complexity index is 402. The second-order valence-corrected chi connectivity index (χ2v) is 3.58. The van der Waals surface area contributed by atoms with E-state index in [0.717, 1.165) is 0 Å². The van der Waals surface area contributed by atoms with Gasteiger partial charge in [0.15, 0.2) is 12.2 Å². The third kappa shape index (κ3) is 3.99. The number of nitrogens with zero attached hydrogens (tertiary/aromatic N) is 3. The molecule has 0 amide bonds. The molecule has 0 bridgehead atoms. The van der Waals surface area contributed by atoms with Crippen molar-refractivity contribution in [3.8, 4) is 0 Å². The summed E-state index contributed by atoms with van der Waals surface area (Å²) in [4.78, 5) is 24.4. The number of carbonyl (C=O) groups is 2. The number of esters is 2. The van der Waals surface area contributed by atoms with Crippen molar-refractivity contribution in [3.63, 3.8) is 0 Å². The molecule has 0 aromatic rings. The highest BCUT2D eigenvalue weighted by Gasteiger charge is 2.35. The second-order valence-electron chi connectivity index (χ2n) is 3.58. The van der Waals surface area contributed by atoms with E-state index in [1.807, 2.05) is 0 Å². The highest BCUT2D eigenvalue weighted by atomic mass is 16.6. The van der Waals surface area contributed by atoms with Crippen molar-refractivity contribution in [3.05, 3.63) is 22.8 Å². The Morgan fingerprint density at radius 3 is 2.72 bits per heavy atom. The van der Waals surface area contributed by atoms with Gasteiger partial charge in [0.05, 0.1) is 12.3 Å². The summed E-state index contributed by atoms with van der Waals surface area (Å²) < 4.78 is 15.0. The largest absolute Gasteiger partial charge is 0.491 e. The topological polar surface area (TPSA) is 111 Å². The average Bonchev–Trinajstić information content (AvgIpc) is 2.29. The minimum absolute atomic E-state index is 0.0882. The lowest BCUT2D eigenvalue weighted by Crippen LogP contribution is -2.45. The molecular weight excluding hydrogens is 242 g/mol. The molecule has 8 nitrogen and oxygen atoms in total. The average molecular weight is 255 g/mol. The Balaban J connectivity index is 2.79. The monoisotopic (exact) mass is 255 g/mol. The quantitative estimate of drug-likeness (QED) is 0.323. The van der Waals surface area contributed by atoms with Crippen LogP contribution >= 0.6 is 0 Å². The van der Waals surface area contributed by atoms with Gasteiger partial charge in [-0.15, -0.1) is 0 Å². The Hall–Kier alpha value is -2.21. The fourth-order valence-electron chi connectivity index (χ4n) is 1.47. The maximum atomic E-state index is 11.0. The molecule has 1 aliphatic rings. The lowest BCUT2D eigenvalue weighted by Gasteiger charge is -2.31. The first-order valence-electron chi connectivity index (χ1n) is 5.21. The van der Waals surface area contributed by atoms with Gasteiger partial charge < -0.3 is 14.2 Å². The number of hydrogen-bond acceptors (Lipinski definition) is 6. The molecule has 98 valence electrons. The van der Waals surface area contributed by atoms with Crippen LogP contribution in [0.25, 0.3) is 10.4 Å². The summed E-state index contributed by atoms with van der Waals surface area (Å²) >= 11 is 0. The number of hydrogen-bond donors (Lipinski definition) is 0. The number of azide groups is 1. The van der Waals surface area contributed by atoms with Gasteiger partial charge in [0, 0.05) is 18.8 Å². The van der Waals surface area contributed by atoms with E-state index < -0.39 is 30.2 Å². The van der Waals surface area contributed by atoms with Crippen LogP contribution in [-0.4, -0.2) is 36.8 Å². The second kappa shape index (κ2) is 6.51. The van der Waals surface area contributed by atoms with E-state index in [-0.39, 0.29) is 6.61 Å². The minimum Gasteiger partial charge on any atom is -0.491 e. The third-order valence-corrected chi connectivity index (χ3v) is 2.17. The maximum Gasteiger partial charge on any atom is 0.303 e. The van der Waals surface area contributed by atoms with Gasteiger partial charge in [0.25, 0.3) is 0 Å². The zero-order valence-corrected chi connectivity index (χ0v) is 9.98. The van der Waals surface area contributed by atoms with Crippen LogP contribution in [0.1, 0.15) is 13.8 Å². The molecule has 0 saturated heterocycles. The molecule has 18 heavy (non-hydrogen) atoms. The van der Waals surface area contributed by atoms with E-state index >= 15 is 0 Å². The summed E-state index contributed by atoms with van der Waals surface area (Å²) in [7, 11) is 0. The zero-order chi connectivity index (χ0) is 13.5. The maximum absolute atomic E-state index is 11.0. The highest BCUT2D eigenvalue weighted by Crippen LogP contribution is 2.19. The Morgan fingerprint density at radius 2 is 2.17 bits per heavy atom. The first-order valence-corrected chi connectivity index (χ1v) is 5.21. The van der Waals surface area contributed by atoms with Crippen LogP contribution in [0.3, 0.4) is 0 Å². The van der Waals surface area contributed by atoms with Gasteiger partial charge in [-0.1, -0.05) is 5.11 Å². The van der Waals surface area contributed by atoms with Gasteiger partial charge in [0.2, 0.25) is 0 Å². The van der Waals surface area contributed by atoms with Crippen LogP contribution in [0.2, 0.25) is 0 Å².